The molecule has 3 aromatic carbocycles. The van der Waals surface area contributed by atoms with E-state index in [4.69, 9.17) is 21.1 Å². The topological polar surface area (TPSA) is 55.8 Å². The van der Waals surface area contributed by atoms with E-state index >= 15 is 0 Å². The standard InChI is InChI=1S/C24H21ClFNO4S/c25-19-8-4-17(5-9-19)24(18-6-10-20(26)11-7-18)30-22-13-12-21(16-23(22)31-24)32(28,29)27-14-2-1-3-15-27/h4-13,16H,1-3,14-15H2. The summed E-state index contributed by atoms with van der Waals surface area (Å²) in [6.45, 7) is 1.03. The van der Waals surface area contributed by atoms with Crippen LogP contribution in [-0.2, 0) is 15.8 Å². The van der Waals surface area contributed by atoms with Crippen molar-refractivity contribution in [2.75, 3.05) is 13.1 Å². The molecule has 2 heterocycles. The second-order valence-electron chi connectivity index (χ2n) is 7.91. The molecule has 0 spiro atoms. The Labute approximate surface area is 191 Å². The zero-order valence-electron chi connectivity index (χ0n) is 17.1. The molecule has 5 nitrogen and oxygen atoms in total. The van der Waals surface area contributed by atoms with Crippen molar-refractivity contribution in [3.05, 3.63) is 88.7 Å². The molecule has 5 rings (SSSR count). The highest BCUT2D eigenvalue weighted by atomic mass is 35.5. The van der Waals surface area contributed by atoms with Crippen molar-refractivity contribution >= 4 is 21.6 Å². The summed E-state index contributed by atoms with van der Waals surface area (Å²) in [6, 6.07) is 17.4. The normalized spacial score (nSPS) is 20.9. The molecule has 1 atom stereocenters. The molecule has 0 radical (unpaired) electrons. The predicted molar refractivity (Wildman–Crippen MR) is 119 cm³/mol. The van der Waals surface area contributed by atoms with E-state index in [1.54, 1.807) is 42.5 Å². The van der Waals surface area contributed by atoms with Gasteiger partial charge in [0.2, 0.25) is 10.0 Å². The first-order chi connectivity index (χ1) is 15.4. The van der Waals surface area contributed by atoms with Crippen molar-refractivity contribution in [3.8, 4) is 11.5 Å². The Hall–Kier alpha value is -2.61. The highest BCUT2D eigenvalue weighted by molar-refractivity contribution is 7.89. The van der Waals surface area contributed by atoms with Crippen molar-refractivity contribution in [3.63, 3.8) is 0 Å². The molecule has 0 bridgehead atoms. The van der Waals surface area contributed by atoms with Gasteiger partial charge in [0.25, 0.3) is 0 Å². The lowest BCUT2D eigenvalue weighted by molar-refractivity contribution is -0.0459. The number of rotatable bonds is 4. The zero-order valence-corrected chi connectivity index (χ0v) is 18.7. The number of ether oxygens (including phenoxy) is 2. The van der Waals surface area contributed by atoms with Crippen LogP contribution in [0.15, 0.2) is 71.6 Å². The largest absolute Gasteiger partial charge is 0.440 e. The van der Waals surface area contributed by atoms with Crippen molar-refractivity contribution in [2.24, 2.45) is 0 Å². The second kappa shape index (κ2) is 8.06. The van der Waals surface area contributed by atoms with E-state index in [1.807, 2.05) is 0 Å². The number of hydrogen-bond donors (Lipinski definition) is 0. The molecule has 3 aromatic rings. The average Bonchev–Trinajstić information content (AvgIpc) is 3.20. The Kier molecular flexibility index (Phi) is 5.35. The molecular formula is C24H21ClFNO4S. The number of fused-ring (bicyclic) bond motifs is 1. The van der Waals surface area contributed by atoms with Gasteiger partial charge in [0.15, 0.2) is 11.5 Å². The molecule has 0 amide bonds. The zero-order chi connectivity index (χ0) is 22.3. The Balaban J connectivity index is 1.56. The van der Waals surface area contributed by atoms with Gasteiger partial charge in [-0.05, 0) is 73.5 Å². The number of sulfonamides is 1. The smallest absolute Gasteiger partial charge is 0.305 e. The molecule has 8 heteroatoms. The monoisotopic (exact) mass is 473 g/mol. The van der Waals surface area contributed by atoms with Crippen LogP contribution in [-0.4, -0.2) is 25.8 Å². The first-order valence-corrected chi connectivity index (χ1v) is 12.2. The van der Waals surface area contributed by atoms with Crippen molar-refractivity contribution in [1.82, 2.24) is 4.31 Å². The van der Waals surface area contributed by atoms with Crippen LogP contribution in [0.4, 0.5) is 4.39 Å². The van der Waals surface area contributed by atoms with Gasteiger partial charge in [-0.3, -0.25) is 0 Å². The molecule has 166 valence electrons. The molecule has 2 aliphatic rings. The minimum Gasteiger partial charge on any atom is -0.440 e. The van der Waals surface area contributed by atoms with Crippen LogP contribution in [0, 0.1) is 5.82 Å². The summed E-state index contributed by atoms with van der Waals surface area (Å²) in [4.78, 5) is 0.160. The summed E-state index contributed by atoms with van der Waals surface area (Å²) in [6.07, 6.45) is 2.75. The van der Waals surface area contributed by atoms with Crippen LogP contribution in [0.25, 0.3) is 0 Å². The highest BCUT2D eigenvalue weighted by Gasteiger charge is 2.46. The maximum absolute atomic E-state index is 13.6. The number of nitrogens with zero attached hydrogens (tertiary/aromatic N) is 1. The Morgan fingerprint density at radius 3 is 2.06 bits per heavy atom. The van der Waals surface area contributed by atoms with E-state index < -0.39 is 15.8 Å². The summed E-state index contributed by atoms with van der Waals surface area (Å²) in [5, 5.41) is 0.549. The summed E-state index contributed by atoms with van der Waals surface area (Å²) in [5.41, 5.74) is 1.21. The molecular weight excluding hydrogens is 453 g/mol. The van der Waals surface area contributed by atoms with Crippen molar-refractivity contribution < 1.29 is 22.3 Å². The van der Waals surface area contributed by atoms with E-state index in [0.29, 0.717) is 40.7 Å². The first kappa shape index (κ1) is 21.2. The lowest BCUT2D eigenvalue weighted by atomic mass is 9.97. The molecule has 0 aromatic heterocycles. The van der Waals surface area contributed by atoms with Crippen LogP contribution in [0.3, 0.4) is 0 Å². The van der Waals surface area contributed by atoms with Gasteiger partial charge < -0.3 is 9.47 Å². The molecule has 1 saturated heterocycles. The first-order valence-electron chi connectivity index (χ1n) is 10.4. The molecule has 1 unspecified atom stereocenters. The van der Waals surface area contributed by atoms with E-state index in [0.717, 1.165) is 19.3 Å². The average molecular weight is 474 g/mol. The summed E-state index contributed by atoms with van der Waals surface area (Å²) >= 11 is 6.06. The SMILES string of the molecule is O=S(=O)(c1ccc2c(c1)OC(c1ccc(F)cc1)(c1ccc(Cl)cc1)O2)N1CCCCC1. The van der Waals surface area contributed by atoms with Gasteiger partial charge in [0, 0.05) is 35.3 Å². The Morgan fingerprint density at radius 2 is 1.41 bits per heavy atom. The van der Waals surface area contributed by atoms with E-state index in [2.05, 4.69) is 0 Å². The van der Waals surface area contributed by atoms with Crippen LogP contribution in [0.1, 0.15) is 30.4 Å². The van der Waals surface area contributed by atoms with Crippen LogP contribution in [0.5, 0.6) is 11.5 Å². The highest BCUT2D eigenvalue weighted by Crippen LogP contribution is 2.48. The molecule has 32 heavy (non-hydrogen) atoms. The van der Waals surface area contributed by atoms with Gasteiger partial charge in [0.05, 0.1) is 4.90 Å². The summed E-state index contributed by atoms with van der Waals surface area (Å²) in [5.74, 6) is -1.07. The molecule has 0 aliphatic carbocycles. The number of piperidine rings is 1. The maximum atomic E-state index is 13.6. The Morgan fingerprint density at radius 1 is 0.812 bits per heavy atom. The van der Waals surface area contributed by atoms with Crippen LogP contribution >= 0.6 is 11.6 Å². The van der Waals surface area contributed by atoms with Crippen molar-refractivity contribution in [1.29, 1.82) is 0 Å². The van der Waals surface area contributed by atoms with Gasteiger partial charge >= 0.3 is 5.79 Å². The minimum atomic E-state index is -3.63. The van der Waals surface area contributed by atoms with E-state index in [1.165, 1.54) is 28.6 Å². The third-order valence-electron chi connectivity index (χ3n) is 5.82. The number of benzene rings is 3. The third-order valence-corrected chi connectivity index (χ3v) is 7.97. The molecule has 2 aliphatic heterocycles. The number of hydrogen-bond acceptors (Lipinski definition) is 4. The fourth-order valence-electron chi connectivity index (χ4n) is 4.14. The van der Waals surface area contributed by atoms with E-state index in [9.17, 15) is 12.8 Å². The van der Waals surface area contributed by atoms with Gasteiger partial charge in [0.1, 0.15) is 5.82 Å². The van der Waals surface area contributed by atoms with Crippen LogP contribution in [0.2, 0.25) is 5.02 Å². The summed E-state index contributed by atoms with van der Waals surface area (Å²) in [7, 11) is -3.63. The van der Waals surface area contributed by atoms with E-state index in [-0.39, 0.29) is 10.7 Å². The Bertz CT molecular complexity index is 1190. The third kappa shape index (κ3) is 3.64. The molecule has 1 fully saturated rings. The molecule has 0 saturated carbocycles. The molecule has 0 N–H and O–H groups in total. The fraction of sp³-hybridized carbons (Fsp3) is 0.250. The number of halogens is 2. The minimum absolute atomic E-state index is 0.160. The quantitative estimate of drug-likeness (QED) is 0.514. The van der Waals surface area contributed by atoms with Gasteiger partial charge in [-0.2, -0.15) is 4.31 Å². The van der Waals surface area contributed by atoms with Gasteiger partial charge in [-0.15, -0.1) is 0 Å². The van der Waals surface area contributed by atoms with Gasteiger partial charge in [-0.25, -0.2) is 12.8 Å². The van der Waals surface area contributed by atoms with Crippen molar-refractivity contribution in [2.45, 2.75) is 29.9 Å². The summed E-state index contributed by atoms with van der Waals surface area (Å²) < 4.78 is 54.0. The maximum Gasteiger partial charge on any atom is 0.305 e. The van der Waals surface area contributed by atoms with Crippen LogP contribution < -0.4 is 9.47 Å². The second-order valence-corrected chi connectivity index (χ2v) is 10.3. The lowest BCUT2D eigenvalue weighted by Crippen LogP contribution is -2.36. The fourth-order valence-corrected chi connectivity index (χ4v) is 5.80. The van der Waals surface area contributed by atoms with Gasteiger partial charge in [-0.1, -0.05) is 18.0 Å². The predicted octanol–water partition coefficient (Wildman–Crippen LogP) is 5.33. The lowest BCUT2D eigenvalue weighted by Gasteiger charge is -2.28.